The average molecular weight is 655 g/mol. The summed E-state index contributed by atoms with van der Waals surface area (Å²) in [6, 6.07) is 20.6. The first-order valence-electron chi connectivity index (χ1n) is 15.6. The number of rotatable bonds is 10. The van der Waals surface area contributed by atoms with Crippen LogP contribution < -0.4 is 25.4 Å². The van der Waals surface area contributed by atoms with Crippen LogP contribution in [-0.4, -0.2) is 63.8 Å². The number of anilines is 2. The number of nitrogens with one attached hydrogen (secondary N) is 3. The summed E-state index contributed by atoms with van der Waals surface area (Å²) in [6.45, 7) is 6.36. The van der Waals surface area contributed by atoms with Gasteiger partial charge in [0.15, 0.2) is 16.6 Å². The normalized spacial score (nSPS) is 13.9. The van der Waals surface area contributed by atoms with E-state index in [0.29, 0.717) is 32.9 Å². The molecule has 0 unspecified atom stereocenters. The van der Waals surface area contributed by atoms with Gasteiger partial charge < -0.3 is 29.8 Å². The number of carbonyl (C=O) groups is 2. The Hall–Kier alpha value is -4.91. The molecule has 244 valence electrons. The van der Waals surface area contributed by atoms with Crippen LogP contribution in [0.3, 0.4) is 0 Å². The number of nitrogens with zero attached hydrogens (tertiary/aromatic N) is 3. The van der Waals surface area contributed by atoms with Gasteiger partial charge in [0, 0.05) is 60.3 Å². The second kappa shape index (κ2) is 14.2. The van der Waals surface area contributed by atoms with Crippen LogP contribution >= 0.6 is 11.3 Å². The number of aliphatic hydroxyl groups excluding tert-OH is 1. The van der Waals surface area contributed by atoms with E-state index in [1.165, 1.54) is 35.6 Å². The Labute approximate surface area is 277 Å². The highest BCUT2D eigenvalue weighted by molar-refractivity contribution is 7.17. The Kier molecular flexibility index (Phi) is 9.71. The Morgan fingerprint density at radius 2 is 1.79 bits per heavy atom. The molecule has 1 aliphatic heterocycles. The maximum atomic E-state index is 13.1. The van der Waals surface area contributed by atoms with E-state index in [9.17, 15) is 14.7 Å². The maximum absolute atomic E-state index is 13.1. The minimum Gasteiger partial charge on any atom is -0.493 e. The number of amides is 3. The van der Waals surface area contributed by atoms with Gasteiger partial charge in [-0.3, -0.25) is 15.0 Å². The van der Waals surface area contributed by atoms with E-state index in [-0.39, 0.29) is 24.1 Å². The lowest BCUT2D eigenvalue weighted by atomic mass is 10.1. The van der Waals surface area contributed by atoms with Gasteiger partial charge in [0.2, 0.25) is 5.06 Å². The lowest BCUT2D eigenvalue weighted by molar-refractivity contribution is 0.0794. The van der Waals surface area contributed by atoms with Crippen LogP contribution in [0.1, 0.15) is 42.6 Å². The predicted molar refractivity (Wildman–Crippen MR) is 184 cm³/mol. The monoisotopic (exact) mass is 654 g/mol. The number of para-hydroxylation sites is 1. The minimum absolute atomic E-state index is 0.00590. The van der Waals surface area contributed by atoms with E-state index in [2.05, 4.69) is 54.8 Å². The third-order valence-corrected chi connectivity index (χ3v) is 8.70. The van der Waals surface area contributed by atoms with E-state index >= 15 is 0 Å². The molecule has 3 heterocycles. The summed E-state index contributed by atoms with van der Waals surface area (Å²) in [5, 5.41) is 20.3. The highest BCUT2D eigenvalue weighted by Gasteiger charge is 2.20. The van der Waals surface area contributed by atoms with E-state index in [1.54, 1.807) is 30.3 Å². The highest BCUT2D eigenvalue weighted by Crippen LogP contribution is 2.37. The highest BCUT2D eigenvalue weighted by atomic mass is 32.1. The Balaban J connectivity index is 1.10. The van der Waals surface area contributed by atoms with Crippen molar-refractivity contribution in [3.8, 4) is 22.2 Å². The molecule has 1 aliphatic rings. The van der Waals surface area contributed by atoms with Crippen molar-refractivity contribution in [3.63, 3.8) is 0 Å². The van der Waals surface area contributed by atoms with Gasteiger partial charge in [-0.05, 0) is 74.7 Å². The fraction of sp³-hybridized carbons (Fsp3) is 0.286. The molecule has 0 bridgehead atoms. The van der Waals surface area contributed by atoms with Gasteiger partial charge in [-0.25, -0.2) is 9.78 Å². The van der Waals surface area contributed by atoms with Crippen molar-refractivity contribution in [2.45, 2.75) is 45.4 Å². The van der Waals surface area contributed by atoms with Crippen LogP contribution in [-0.2, 0) is 6.54 Å². The van der Waals surface area contributed by atoms with Crippen LogP contribution in [0.4, 0.5) is 15.6 Å². The van der Waals surface area contributed by atoms with Crippen LogP contribution in [0.15, 0.2) is 79.1 Å². The van der Waals surface area contributed by atoms with E-state index in [0.717, 1.165) is 43.7 Å². The fourth-order valence-corrected chi connectivity index (χ4v) is 6.26. The number of methoxy groups -OCH3 is 1. The Bertz CT molecular complexity index is 1860. The molecule has 0 spiro atoms. The SMILES string of the molecule is COc1cc(NC(=O)NC(C)C)ccc1Oc1cnc(NC(=O)c2ccc(-n3cc(CN4CCC(O)CC4)c4ccccc43)cc2)s1. The van der Waals surface area contributed by atoms with Crippen molar-refractivity contribution in [1.29, 1.82) is 0 Å². The molecule has 47 heavy (non-hydrogen) atoms. The first kappa shape index (κ1) is 32.0. The number of ether oxygens (including phenoxy) is 2. The number of hydrogen-bond donors (Lipinski definition) is 4. The number of thiazole rings is 1. The smallest absolute Gasteiger partial charge is 0.319 e. The summed E-state index contributed by atoms with van der Waals surface area (Å²) < 4.78 is 13.6. The molecule has 1 saturated heterocycles. The molecule has 11 nitrogen and oxygen atoms in total. The summed E-state index contributed by atoms with van der Waals surface area (Å²) in [4.78, 5) is 31.9. The average Bonchev–Trinajstić information content (AvgIpc) is 3.66. The maximum Gasteiger partial charge on any atom is 0.319 e. The van der Waals surface area contributed by atoms with Crippen molar-refractivity contribution in [3.05, 3.63) is 90.3 Å². The molecule has 0 radical (unpaired) electrons. The summed E-state index contributed by atoms with van der Waals surface area (Å²) in [5.41, 5.74) is 4.35. The summed E-state index contributed by atoms with van der Waals surface area (Å²) in [5.74, 6) is 0.589. The molecule has 2 aromatic heterocycles. The molecule has 3 amide bonds. The third-order valence-electron chi connectivity index (χ3n) is 7.91. The number of aromatic nitrogens is 2. The van der Waals surface area contributed by atoms with E-state index in [1.807, 2.05) is 32.0 Å². The van der Waals surface area contributed by atoms with Crippen LogP contribution in [0, 0.1) is 0 Å². The fourth-order valence-electron chi connectivity index (χ4n) is 5.58. The lowest BCUT2D eigenvalue weighted by Crippen LogP contribution is -2.35. The molecular weight excluding hydrogens is 616 g/mol. The predicted octanol–water partition coefficient (Wildman–Crippen LogP) is 6.63. The molecule has 0 aliphatic carbocycles. The third kappa shape index (κ3) is 7.74. The molecule has 1 fully saturated rings. The number of benzene rings is 3. The zero-order valence-corrected chi connectivity index (χ0v) is 27.3. The summed E-state index contributed by atoms with van der Waals surface area (Å²) >= 11 is 1.19. The van der Waals surface area contributed by atoms with Crippen LogP contribution in [0.25, 0.3) is 16.6 Å². The van der Waals surface area contributed by atoms with Gasteiger partial charge in [-0.15, -0.1) is 0 Å². The van der Waals surface area contributed by atoms with Gasteiger partial charge in [0.05, 0.1) is 24.9 Å². The van der Waals surface area contributed by atoms with Gasteiger partial charge in [-0.2, -0.15) is 0 Å². The molecule has 4 N–H and O–H groups in total. The summed E-state index contributed by atoms with van der Waals surface area (Å²) in [7, 11) is 1.52. The number of urea groups is 1. The van der Waals surface area contributed by atoms with Crippen molar-refractivity contribution >= 4 is 45.0 Å². The second-order valence-corrected chi connectivity index (χ2v) is 12.7. The molecule has 6 rings (SSSR count). The second-order valence-electron chi connectivity index (χ2n) is 11.8. The summed E-state index contributed by atoms with van der Waals surface area (Å²) in [6.07, 6.45) is 5.12. The zero-order chi connectivity index (χ0) is 32.9. The number of likely N-dealkylation sites (tertiary alicyclic amines) is 1. The number of piperidine rings is 1. The number of aliphatic hydroxyl groups is 1. The number of fused-ring (bicyclic) bond motifs is 1. The van der Waals surface area contributed by atoms with Crippen LogP contribution in [0.5, 0.6) is 16.6 Å². The zero-order valence-electron chi connectivity index (χ0n) is 26.5. The first-order chi connectivity index (χ1) is 22.7. The quantitative estimate of drug-likeness (QED) is 0.133. The number of hydrogen-bond acceptors (Lipinski definition) is 8. The topological polar surface area (TPSA) is 130 Å². The number of carbonyl (C=O) groups excluding carboxylic acids is 2. The molecule has 0 saturated carbocycles. The standard InChI is InChI=1S/C35H38N6O5S/c1-22(2)37-34(44)38-25-10-13-30(31(18-25)45-3)46-32-19-36-35(47-32)39-33(43)23-8-11-26(12-9-23)41-21-24(28-6-4-5-7-29(28)41)20-40-16-14-27(42)15-17-40/h4-13,18-19,21-22,27,42H,14-17,20H2,1-3H3,(H,36,39,43)(H2,37,38,44). The lowest BCUT2D eigenvalue weighted by Gasteiger charge is -2.29. The van der Waals surface area contributed by atoms with Gasteiger partial charge in [0.25, 0.3) is 5.91 Å². The van der Waals surface area contributed by atoms with Gasteiger partial charge in [-0.1, -0.05) is 29.5 Å². The van der Waals surface area contributed by atoms with Crippen molar-refractivity contribution in [2.75, 3.05) is 30.8 Å². The van der Waals surface area contributed by atoms with Crippen molar-refractivity contribution < 1.29 is 24.2 Å². The largest absolute Gasteiger partial charge is 0.493 e. The van der Waals surface area contributed by atoms with Gasteiger partial charge in [0.1, 0.15) is 0 Å². The van der Waals surface area contributed by atoms with E-state index < -0.39 is 0 Å². The Morgan fingerprint density at radius 1 is 1.02 bits per heavy atom. The minimum atomic E-state index is -0.313. The van der Waals surface area contributed by atoms with Crippen LogP contribution in [0.2, 0.25) is 0 Å². The molecule has 3 aromatic carbocycles. The Morgan fingerprint density at radius 3 is 2.53 bits per heavy atom. The first-order valence-corrected chi connectivity index (χ1v) is 16.4. The van der Waals surface area contributed by atoms with Gasteiger partial charge >= 0.3 is 6.03 Å². The van der Waals surface area contributed by atoms with Crippen molar-refractivity contribution in [1.82, 2.24) is 19.8 Å². The molecule has 0 atom stereocenters. The molecule has 5 aromatic rings. The molecular formula is C35H38N6O5S. The molecule has 12 heteroatoms. The van der Waals surface area contributed by atoms with E-state index in [4.69, 9.17) is 9.47 Å². The van der Waals surface area contributed by atoms with Crippen molar-refractivity contribution in [2.24, 2.45) is 0 Å².